The summed E-state index contributed by atoms with van der Waals surface area (Å²) in [5.41, 5.74) is 2.08. The van der Waals surface area contributed by atoms with E-state index in [0.29, 0.717) is 12.3 Å². The highest BCUT2D eigenvalue weighted by atomic mass is 16.5. The number of benzene rings is 2. The number of esters is 1. The molecule has 2 aromatic carbocycles. The first kappa shape index (κ1) is 17.1. The summed E-state index contributed by atoms with van der Waals surface area (Å²) in [6.07, 6.45) is 2.96. The van der Waals surface area contributed by atoms with Crippen LogP contribution in [0.15, 0.2) is 60.7 Å². The third-order valence-electron chi connectivity index (χ3n) is 5.55. The van der Waals surface area contributed by atoms with Crippen LogP contribution in [0, 0.1) is 5.92 Å². The van der Waals surface area contributed by atoms with Gasteiger partial charge < -0.3 is 10.1 Å². The quantitative estimate of drug-likeness (QED) is 0.812. The van der Waals surface area contributed by atoms with Crippen LogP contribution in [-0.2, 0) is 16.0 Å². The minimum Gasteiger partial charge on any atom is -0.459 e. The van der Waals surface area contributed by atoms with Gasteiger partial charge in [0.05, 0.1) is 0 Å². The van der Waals surface area contributed by atoms with Gasteiger partial charge in [0.15, 0.2) is 0 Å². The van der Waals surface area contributed by atoms with Crippen molar-refractivity contribution in [1.29, 1.82) is 0 Å². The molecule has 2 aromatic rings. The van der Waals surface area contributed by atoms with E-state index in [1.165, 1.54) is 0 Å². The molecule has 1 N–H and O–H groups in total. The number of hydrogen-bond acceptors (Lipinski definition) is 4. The number of ether oxygens (including phenoxy) is 1. The molecule has 3 aliphatic rings. The predicted molar refractivity (Wildman–Crippen MR) is 103 cm³/mol. The van der Waals surface area contributed by atoms with Gasteiger partial charge in [0.25, 0.3) is 0 Å². The lowest BCUT2D eigenvalue weighted by Crippen LogP contribution is -2.53. The van der Waals surface area contributed by atoms with Gasteiger partial charge in [0, 0.05) is 18.7 Å². The summed E-state index contributed by atoms with van der Waals surface area (Å²) in [6.45, 7) is 3.18. The summed E-state index contributed by atoms with van der Waals surface area (Å²) in [5, 5.41) is 3.37. The molecule has 4 nitrogen and oxygen atoms in total. The number of anilines is 1. The molecule has 0 saturated carbocycles. The minimum atomic E-state index is -0.379. The van der Waals surface area contributed by atoms with E-state index in [1.807, 2.05) is 48.5 Å². The van der Waals surface area contributed by atoms with Crippen molar-refractivity contribution in [3.63, 3.8) is 0 Å². The Balaban J connectivity index is 1.46. The topological polar surface area (TPSA) is 41.6 Å². The Bertz CT molecular complexity index is 670. The maximum Gasteiger partial charge on any atom is 0.329 e. The lowest BCUT2D eigenvalue weighted by molar-refractivity contribution is -0.159. The van der Waals surface area contributed by atoms with E-state index in [0.717, 1.165) is 43.7 Å². The molecule has 2 bridgehead atoms. The van der Waals surface area contributed by atoms with Gasteiger partial charge in [-0.25, -0.2) is 4.79 Å². The molecular formula is C22H26N2O2. The zero-order valence-electron chi connectivity index (χ0n) is 15.0. The largest absolute Gasteiger partial charge is 0.459 e. The van der Waals surface area contributed by atoms with E-state index in [9.17, 15) is 4.79 Å². The number of hydrogen-bond donors (Lipinski definition) is 1. The number of rotatable bonds is 6. The average Bonchev–Trinajstić information content (AvgIpc) is 2.70. The molecule has 136 valence electrons. The van der Waals surface area contributed by atoms with Crippen LogP contribution in [0.5, 0.6) is 0 Å². The van der Waals surface area contributed by atoms with Crippen LogP contribution in [0.3, 0.4) is 0 Å². The summed E-state index contributed by atoms with van der Waals surface area (Å²) < 4.78 is 5.99. The van der Waals surface area contributed by atoms with E-state index >= 15 is 0 Å². The average molecular weight is 350 g/mol. The molecule has 0 spiro atoms. The van der Waals surface area contributed by atoms with Crippen LogP contribution >= 0.6 is 0 Å². The zero-order chi connectivity index (χ0) is 17.8. The molecule has 5 rings (SSSR count). The fourth-order valence-corrected chi connectivity index (χ4v) is 4.05. The second-order valence-electron chi connectivity index (χ2n) is 7.37. The van der Waals surface area contributed by atoms with Gasteiger partial charge in [0.1, 0.15) is 12.1 Å². The third-order valence-corrected chi connectivity index (χ3v) is 5.55. The van der Waals surface area contributed by atoms with Crippen molar-refractivity contribution in [2.45, 2.75) is 31.4 Å². The Labute approximate surface area is 155 Å². The molecule has 0 aliphatic carbocycles. The van der Waals surface area contributed by atoms with Gasteiger partial charge in [-0.05, 0) is 49.5 Å². The highest BCUT2D eigenvalue weighted by molar-refractivity contribution is 5.80. The zero-order valence-corrected chi connectivity index (χ0v) is 15.0. The van der Waals surface area contributed by atoms with Crippen LogP contribution in [0.1, 0.15) is 18.4 Å². The smallest absolute Gasteiger partial charge is 0.329 e. The van der Waals surface area contributed by atoms with Gasteiger partial charge >= 0.3 is 5.97 Å². The summed E-state index contributed by atoms with van der Waals surface area (Å²) in [7, 11) is 0. The Kier molecular flexibility index (Phi) is 5.21. The lowest BCUT2D eigenvalue weighted by Gasteiger charge is -2.44. The number of fused-ring (bicyclic) bond motifs is 3. The van der Waals surface area contributed by atoms with Crippen LogP contribution in [0.25, 0.3) is 0 Å². The molecule has 0 amide bonds. The van der Waals surface area contributed by atoms with Crippen LogP contribution in [-0.4, -0.2) is 42.6 Å². The number of carbonyl (C=O) groups excluding carboxylic acids is 1. The molecule has 2 atom stereocenters. The summed E-state index contributed by atoms with van der Waals surface area (Å²) in [6, 6.07) is 19.6. The first-order chi connectivity index (χ1) is 12.8. The second-order valence-corrected chi connectivity index (χ2v) is 7.37. The van der Waals surface area contributed by atoms with Gasteiger partial charge in [-0.1, -0.05) is 48.5 Å². The highest BCUT2D eigenvalue weighted by Crippen LogP contribution is 2.30. The highest BCUT2D eigenvalue weighted by Gasteiger charge is 2.37. The van der Waals surface area contributed by atoms with Crippen molar-refractivity contribution in [2.75, 3.05) is 25.0 Å². The molecule has 4 heteroatoms. The number of para-hydroxylation sites is 1. The fourth-order valence-electron chi connectivity index (χ4n) is 4.05. The Morgan fingerprint density at radius 1 is 1.04 bits per heavy atom. The van der Waals surface area contributed by atoms with Crippen molar-refractivity contribution < 1.29 is 9.53 Å². The molecular weight excluding hydrogens is 324 g/mol. The summed E-state index contributed by atoms with van der Waals surface area (Å²) in [4.78, 5) is 15.4. The van der Waals surface area contributed by atoms with Crippen molar-refractivity contribution in [3.8, 4) is 0 Å². The third kappa shape index (κ3) is 4.07. The molecule has 3 aliphatic heterocycles. The number of nitrogens with zero attached hydrogens (tertiary/aromatic N) is 1. The number of piperidine rings is 3. The van der Waals surface area contributed by atoms with Gasteiger partial charge in [-0.2, -0.15) is 0 Å². The standard InChI is InChI=1S/C22H26N2O2/c25-22(26-21-16-24-13-11-18(21)12-14-24)20(15-17-7-3-1-4-8-17)23-19-9-5-2-6-10-19/h1-10,18,20-21,23H,11-16H2. The minimum absolute atomic E-state index is 0.0425. The predicted octanol–water partition coefficient (Wildman–Crippen LogP) is 3.35. The molecule has 3 saturated heterocycles. The van der Waals surface area contributed by atoms with Crippen molar-refractivity contribution in [2.24, 2.45) is 5.92 Å². The normalized spacial score (nSPS) is 25.5. The van der Waals surface area contributed by atoms with Gasteiger partial charge in [-0.3, -0.25) is 4.90 Å². The molecule has 3 heterocycles. The molecule has 0 aromatic heterocycles. The van der Waals surface area contributed by atoms with Crippen LogP contribution in [0.2, 0.25) is 0 Å². The van der Waals surface area contributed by atoms with Crippen molar-refractivity contribution in [1.82, 2.24) is 4.90 Å². The molecule has 0 radical (unpaired) electrons. The Morgan fingerprint density at radius 2 is 1.69 bits per heavy atom. The van der Waals surface area contributed by atoms with E-state index in [4.69, 9.17) is 4.74 Å². The first-order valence-electron chi connectivity index (χ1n) is 9.56. The second kappa shape index (κ2) is 7.92. The molecule has 26 heavy (non-hydrogen) atoms. The fraction of sp³-hybridized carbons (Fsp3) is 0.409. The maximum atomic E-state index is 13.0. The van der Waals surface area contributed by atoms with E-state index in [2.05, 4.69) is 22.3 Å². The van der Waals surface area contributed by atoms with Gasteiger partial charge in [0.2, 0.25) is 0 Å². The van der Waals surface area contributed by atoms with E-state index in [-0.39, 0.29) is 18.1 Å². The SMILES string of the molecule is O=C(OC1CN2CCC1CC2)C(Cc1ccccc1)Nc1ccccc1. The molecule has 3 fully saturated rings. The summed E-state index contributed by atoms with van der Waals surface area (Å²) in [5.74, 6) is 0.384. The monoisotopic (exact) mass is 350 g/mol. The van der Waals surface area contributed by atoms with Crippen molar-refractivity contribution in [3.05, 3.63) is 66.2 Å². The molecule has 2 unspecified atom stereocenters. The first-order valence-corrected chi connectivity index (χ1v) is 9.56. The van der Waals surface area contributed by atoms with Gasteiger partial charge in [-0.15, -0.1) is 0 Å². The van der Waals surface area contributed by atoms with Crippen LogP contribution in [0.4, 0.5) is 5.69 Å². The lowest BCUT2D eigenvalue weighted by atomic mass is 9.86. The van der Waals surface area contributed by atoms with Crippen LogP contribution < -0.4 is 5.32 Å². The number of carbonyl (C=O) groups is 1. The maximum absolute atomic E-state index is 13.0. The summed E-state index contributed by atoms with van der Waals surface area (Å²) >= 11 is 0. The Morgan fingerprint density at radius 3 is 2.31 bits per heavy atom. The number of nitrogens with one attached hydrogen (secondary N) is 1. The van der Waals surface area contributed by atoms with Crippen molar-refractivity contribution >= 4 is 11.7 Å². The van der Waals surface area contributed by atoms with E-state index < -0.39 is 0 Å². The Hall–Kier alpha value is -2.33. The van der Waals surface area contributed by atoms with E-state index in [1.54, 1.807) is 0 Å².